The number of carbonyl (C=O) groups is 2. The van der Waals surface area contributed by atoms with Crippen LogP contribution in [0.1, 0.15) is 30.0 Å². The van der Waals surface area contributed by atoms with Gasteiger partial charge in [0.25, 0.3) is 5.91 Å². The van der Waals surface area contributed by atoms with Gasteiger partial charge in [-0.05, 0) is 36.5 Å². The number of allylic oxidation sites excluding steroid dienone is 1. The topological polar surface area (TPSA) is 40.6 Å². The second-order valence-corrected chi connectivity index (χ2v) is 8.31. The molecule has 0 saturated carbocycles. The zero-order chi connectivity index (χ0) is 22.4. The Morgan fingerprint density at radius 2 is 1.28 bits per heavy atom. The molecule has 2 amide bonds. The SMILES string of the molecule is C/C=C/C(=O)N1C(=O)CC(Cc2ccccc2)(Cc2ccccc2)N1Cc1ccccc1. The summed E-state index contributed by atoms with van der Waals surface area (Å²) in [6.45, 7) is 2.27. The monoisotopic (exact) mass is 424 g/mol. The minimum atomic E-state index is -0.549. The molecule has 0 atom stereocenters. The molecule has 4 heteroatoms. The number of hydrogen-bond donors (Lipinski definition) is 0. The fraction of sp³-hybridized carbons (Fsp3) is 0.214. The molecule has 0 aliphatic carbocycles. The summed E-state index contributed by atoms with van der Waals surface area (Å²) in [4.78, 5) is 26.3. The molecule has 4 rings (SSSR count). The predicted octanol–water partition coefficient (Wildman–Crippen LogP) is 4.96. The van der Waals surface area contributed by atoms with Crippen molar-refractivity contribution < 1.29 is 9.59 Å². The smallest absolute Gasteiger partial charge is 0.267 e. The van der Waals surface area contributed by atoms with Crippen molar-refractivity contribution in [2.24, 2.45) is 0 Å². The van der Waals surface area contributed by atoms with Crippen LogP contribution in [0, 0.1) is 0 Å². The zero-order valence-corrected chi connectivity index (χ0v) is 18.4. The molecule has 1 saturated heterocycles. The molecule has 162 valence electrons. The Morgan fingerprint density at radius 1 is 0.812 bits per heavy atom. The molecule has 0 N–H and O–H groups in total. The molecule has 1 aliphatic rings. The molecule has 0 spiro atoms. The van der Waals surface area contributed by atoms with Crippen LogP contribution in [0.3, 0.4) is 0 Å². The lowest BCUT2D eigenvalue weighted by Crippen LogP contribution is -2.53. The minimum absolute atomic E-state index is 0.157. The van der Waals surface area contributed by atoms with E-state index >= 15 is 0 Å². The summed E-state index contributed by atoms with van der Waals surface area (Å²) < 4.78 is 0. The average Bonchev–Trinajstić information content (AvgIpc) is 3.06. The van der Waals surface area contributed by atoms with E-state index in [-0.39, 0.29) is 18.2 Å². The van der Waals surface area contributed by atoms with Gasteiger partial charge in [0, 0.05) is 19.0 Å². The van der Waals surface area contributed by atoms with Gasteiger partial charge in [0.15, 0.2) is 0 Å². The molecule has 1 aliphatic heterocycles. The number of carbonyl (C=O) groups excluding carboxylic acids is 2. The number of benzene rings is 3. The molecular weight excluding hydrogens is 396 g/mol. The van der Waals surface area contributed by atoms with E-state index in [0.717, 1.165) is 16.7 Å². The fourth-order valence-corrected chi connectivity index (χ4v) is 4.57. The van der Waals surface area contributed by atoms with Gasteiger partial charge in [-0.15, -0.1) is 0 Å². The largest absolute Gasteiger partial charge is 0.273 e. The summed E-state index contributed by atoms with van der Waals surface area (Å²) in [5.74, 6) is -0.452. The second kappa shape index (κ2) is 9.75. The van der Waals surface area contributed by atoms with E-state index in [0.29, 0.717) is 19.4 Å². The quantitative estimate of drug-likeness (QED) is 0.503. The summed E-state index contributed by atoms with van der Waals surface area (Å²) in [5.41, 5.74) is 2.81. The number of hydrogen-bond acceptors (Lipinski definition) is 3. The summed E-state index contributed by atoms with van der Waals surface area (Å²) in [6.07, 6.45) is 4.77. The van der Waals surface area contributed by atoms with Crippen molar-refractivity contribution >= 4 is 11.8 Å². The molecule has 1 fully saturated rings. The van der Waals surface area contributed by atoms with Crippen molar-refractivity contribution in [2.75, 3.05) is 0 Å². The third-order valence-corrected chi connectivity index (χ3v) is 5.95. The van der Waals surface area contributed by atoms with Gasteiger partial charge in [0.2, 0.25) is 5.91 Å². The third kappa shape index (κ3) is 4.71. The van der Waals surface area contributed by atoms with Gasteiger partial charge in [-0.2, -0.15) is 5.01 Å². The van der Waals surface area contributed by atoms with Crippen molar-refractivity contribution in [3.05, 3.63) is 120 Å². The number of imide groups is 1. The maximum Gasteiger partial charge on any atom is 0.267 e. The van der Waals surface area contributed by atoms with E-state index in [1.807, 2.05) is 71.7 Å². The lowest BCUT2D eigenvalue weighted by atomic mass is 9.82. The van der Waals surface area contributed by atoms with Gasteiger partial charge in [-0.25, -0.2) is 5.01 Å². The van der Waals surface area contributed by atoms with E-state index in [1.165, 1.54) is 11.1 Å². The molecule has 32 heavy (non-hydrogen) atoms. The first-order valence-electron chi connectivity index (χ1n) is 11.0. The van der Waals surface area contributed by atoms with Crippen LogP contribution in [-0.4, -0.2) is 27.4 Å². The normalized spacial score (nSPS) is 16.0. The Kier molecular flexibility index (Phi) is 6.62. The first-order chi connectivity index (χ1) is 15.6. The van der Waals surface area contributed by atoms with Crippen LogP contribution < -0.4 is 0 Å². The molecule has 3 aromatic rings. The molecule has 0 radical (unpaired) electrons. The van der Waals surface area contributed by atoms with Crippen LogP contribution in [0.4, 0.5) is 0 Å². The van der Waals surface area contributed by atoms with Gasteiger partial charge >= 0.3 is 0 Å². The van der Waals surface area contributed by atoms with Gasteiger partial charge in [0.1, 0.15) is 0 Å². The summed E-state index contributed by atoms with van der Waals surface area (Å²) in [5, 5.41) is 3.37. The highest BCUT2D eigenvalue weighted by molar-refractivity contribution is 6.02. The molecule has 0 bridgehead atoms. The third-order valence-electron chi connectivity index (χ3n) is 5.95. The summed E-state index contributed by atoms with van der Waals surface area (Å²) in [7, 11) is 0. The molecular formula is C28H28N2O2. The lowest BCUT2D eigenvalue weighted by Gasteiger charge is -2.40. The van der Waals surface area contributed by atoms with E-state index in [1.54, 1.807) is 13.0 Å². The number of rotatable bonds is 7. The summed E-state index contributed by atoms with van der Waals surface area (Å²) >= 11 is 0. The van der Waals surface area contributed by atoms with Gasteiger partial charge in [-0.3, -0.25) is 9.59 Å². The highest BCUT2D eigenvalue weighted by Crippen LogP contribution is 2.38. The van der Waals surface area contributed by atoms with Crippen molar-refractivity contribution in [2.45, 2.75) is 38.3 Å². The van der Waals surface area contributed by atoms with Crippen LogP contribution in [0.5, 0.6) is 0 Å². The van der Waals surface area contributed by atoms with Crippen LogP contribution in [0.15, 0.2) is 103 Å². The maximum atomic E-state index is 13.3. The van der Waals surface area contributed by atoms with E-state index in [9.17, 15) is 9.59 Å². The van der Waals surface area contributed by atoms with Crippen LogP contribution >= 0.6 is 0 Å². The molecule has 0 aromatic heterocycles. The Labute approximate surface area is 189 Å². The van der Waals surface area contributed by atoms with Crippen molar-refractivity contribution in [3.8, 4) is 0 Å². The van der Waals surface area contributed by atoms with Crippen molar-refractivity contribution in [1.82, 2.24) is 10.0 Å². The molecule has 1 heterocycles. The number of amides is 2. The van der Waals surface area contributed by atoms with Crippen LogP contribution in [0.2, 0.25) is 0 Å². The number of nitrogens with zero attached hydrogens (tertiary/aromatic N) is 2. The van der Waals surface area contributed by atoms with Crippen LogP contribution in [0.25, 0.3) is 0 Å². The fourth-order valence-electron chi connectivity index (χ4n) is 4.57. The van der Waals surface area contributed by atoms with Gasteiger partial charge in [-0.1, -0.05) is 97.1 Å². The first-order valence-corrected chi connectivity index (χ1v) is 11.0. The molecule has 0 unspecified atom stereocenters. The van der Waals surface area contributed by atoms with Crippen molar-refractivity contribution in [3.63, 3.8) is 0 Å². The minimum Gasteiger partial charge on any atom is -0.273 e. The lowest BCUT2D eigenvalue weighted by molar-refractivity contribution is -0.158. The second-order valence-electron chi connectivity index (χ2n) is 8.31. The van der Waals surface area contributed by atoms with E-state index in [2.05, 4.69) is 24.3 Å². The van der Waals surface area contributed by atoms with Crippen LogP contribution in [-0.2, 0) is 29.0 Å². The Bertz CT molecular complexity index is 1040. The first kappa shape index (κ1) is 21.7. The molecule has 3 aromatic carbocycles. The predicted molar refractivity (Wildman–Crippen MR) is 126 cm³/mol. The molecule has 4 nitrogen and oxygen atoms in total. The van der Waals surface area contributed by atoms with Crippen molar-refractivity contribution in [1.29, 1.82) is 0 Å². The average molecular weight is 425 g/mol. The highest BCUT2D eigenvalue weighted by atomic mass is 16.2. The van der Waals surface area contributed by atoms with Gasteiger partial charge in [0.05, 0.1) is 5.54 Å². The van der Waals surface area contributed by atoms with E-state index in [4.69, 9.17) is 0 Å². The number of hydrazine groups is 1. The summed E-state index contributed by atoms with van der Waals surface area (Å²) in [6, 6.07) is 30.5. The van der Waals surface area contributed by atoms with Gasteiger partial charge < -0.3 is 0 Å². The standard InChI is InChI=1S/C28H28N2O2/c1-2-12-26(31)30-27(32)21-28(19-23-13-6-3-7-14-23,20-24-15-8-4-9-16-24)29(30)22-25-17-10-5-11-18-25/h2-18H,19-22H2,1H3/b12-2+. The maximum absolute atomic E-state index is 13.3. The Balaban J connectivity index is 1.81. The van der Waals surface area contributed by atoms with E-state index < -0.39 is 5.54 Å². The Morgan fingerprint density at radius 3 is 1.75 bits per heavy atom. The Hall–Kier alpha value is -3.50. The zero-order valence-electron chi connectivity index (χ0n) is 18.4. The highest BCUT2D eigenvalue weighted by Gasteiger charge is 2.51.